The molecule has 3 aromatic rings. The third-order valence-electron chi connectivity index (χ3n) is 4.33. The summed E-state index contributed by atoms with van der Waals surface area (Å²) < 4.78 is 6.74. The standard InChI is InChI=1S/C20H25N5O2/c1-13(2)27-20(26)22-9-7-14(3)15-5-4-6-16(11-15)17-8-10-25-18(12-17)23-19(21)24-25/h4-6,8,10-14H,7,9H2,1-3H3,(H2,21,24)(H,22,26). The lowest BCUT2D eigenvalue weighted by atomic mass is 9.94. The number of alkyl carbamates (subject to hydrolysis) is 1. The lowest BCUT2D eigenvalue weighted by Crippen LogP contribution is -2.28. The first kappa shape index (κ1) is 18.7. The molecule has 0 saturated carbocycles. The number of hydrogen-bond donors (Lipinski definition) is 2. The molecule has 0 fully saturated rings. The van der Waals surface area contributed by atoms with Crippen LogP contribution in [0.4, 0.5) is 10.7 Å². The number of benzene rings is 1. The van der Waals surface area contributed by atoms with Gasteiger partial charge in [-0.15, -0.1) is 5.10 Å². The highest BCUT2D eigenvalue weighted by Gasteiger charge is 2.10. The van der Waals surface area contributed by atoms with E-state index in [-0.39, 0.29) is 18.1 Å². The number of amides is 1. The molecule has 3 rings (SSSR count). The number of nitrogens with two attached hydrogens (primary N) is 1. The van der Waals surface area contributed by atoms with E-state index in [9.17, 15) is 4.79 Å². The first-order chi connectivity index (χ1) is 12.9. The van der Waals surface area contributed by atoms with Crippen molar-refractivity contribution in [2.24, 2.45) is 0 Å². The summed E-state index contributed by atoms with van der Waals surface area (Å²) in [6, 6.07) is 12.4. The molecule has 0 radical (unpaired) electrons. The van der Waals surface area contributed by atoms with Crippen LogP contribution in [0.5, 0.6) is 0 Å². The number of aromatic nitrogens is 3. The molecular weight excluding hydrogens is 342 g/mol. The van der Waals surface area contributed by atoms with E-state index in [2.05, 4.69) is 40.5 Å². The molecule has 0 spiro atoms. The van der Waals surface area contributed by atoms with Gasteiger partial charge in [0.15, 0.2) is 5.65 Å². The van der Waals surface area contributed by atoms with Crippen LogP contribution in [0.1, 0.15) is 38.7 Å². The molecule has 1 amide bonds. The molecule has 2 aromatic heterocycles. The Morgan fingerprint density at radius 3 is 2.78 bits per heavy atom. The number of nitrogens with zero attached hydrogens (tertiary/aromatic N) is 3. The molecule has 3 N–H and O–H groups in total. The normalized spacial score (nSPS) is 12.3. The summed E-state index contributed by atoms with van der Waals surface area (Å²) in [5.74, 6) is 0.565. The Labute approximate surface area is 158 Å². The van der Waals surface area contributed by atoms with Crippen LogP contribution in [-0.2, 0) is 4.74 Å². The van der Waals surface area contributed by atoms with Gasteiger partial charge in [-0.25, -0.2) is 9.31 Å². The van der Waals surface area contributed by atoms with Gasteiger partial charge in [0.05, 0.1) is 6.10 Å². The molecule has 27 heavy (non-hydrogen) atoms. The Morgan fingerprint density at radius 2 is 2.00 bits per heavy atom. The first-order valence-corrected chi connectivity index (χ1v) is 9.09. The minimum Gasteiger partial charge on any atom is -0.447 e. The van der Waals surface area contributed by atoms with Gasteiger partial charge in [-0.2, -0.15) is 4.98 Å². The Morgan fingerprint density at radius 1 is 1.22 bits per heavy atom. The monoisotopic (exact) mass is 367 g/mol. The number of ether oxygens (including phenoxy) is 1. The van der Waals surface area contributed by atoms with Crippen molar-refractivity contribution < 1.29 is 9.53 Å². The Balaban J connectivity index is 1.67. The lowest BCUT2D eigenvalue weighted by molar-refractivity contribution is 0.115. The first-order valence-electron chi connectivity index (χ1n) is 9.09. The summed E-state index contributed by atoms with van der Waals surface area (Å²) in [4.78, 5) is 15.8. The van der Waals surface area contributed by atoms with Crippen molar-refractivity contribution in [2.45, 2.75) is 39.2 Å². The topological polar surface area (TPSA) is 94.5 Å². The molecule has 1 aromatic carbocycles. The lowest BCUT2D eigenvalue weighted by Gasteiger charge is -2.15. The highest BCUT2D eigenvalue weighted by atomic mass is 16.6. The van der Waals surface area contributed by atoms with Gasteiger partial charge in [-0.1, -0.05) is 31.2 Å². The number of nitrogen functional groups attached to an aromatic ring is 1. The van der Waals surface area contributed by atoms with E-state index in [1.54, 1.807) is 4.52 Å². The summed E-state index contributed by atoms with van der Waals surface area (Å²) in [6.45, 7) is 6.39. The van der Waals surface area contributed by atoms with Crippen LogP contribution in [0.3, 0.4) is 0 Å². The highest BCUT2D eigenvalue weighted by molar-refractivity contribution is 5.68. The zero-order valence-electron chi connectivity index (χ0n) is 15.8. The van der Waals surface area contributed by atoms with Crippen molar-refractivity contribution in [3.8, 4) is 11.1 Å². The predicted molar refractivity (Wildman–Crippen MR) is 105 cm³/mol. The fraction of sp³-hybridized carbons (Fsp3) is 0.350. The number of pyridine rings is 1. The molecule has 1 atom stereocenters. The van der Waals surface area contributed by atoms with Crippen molar-refractivity contribution in [1.82, 2.24) is 19.9 Å². The molecule has 0 aliphatic rings. The van der Waals surface area contributed by atoms with Crippen LogP contribution in [-0.4, -0.2) is 33.3 Å². The van der Waals surface area contributed by atoms with Crippen molar-refractivity contribution in [3.63, 3.8) is 0 Å². The predicted octanol–water partition coefficient (Wildman–Crippen LogP) is 3.61. The second-order valence-electron chi connectivity index (χ2n) is 6.88. The van der Waals surface area contributed by atoms with Crippen LogP contribution in [0.25, 0.3) is 16.8 Å². The van der Waals surface area contributed by atoms with E-state index in [1.807, 2.05) is 38.2 Å². The van der Waals surface area contributed by atoms with Gasteiger partial charge in [0.25, 0.3) is 0 Å². The third kappa shape index (κ3) is 4.75. The van der Waals surface area contributed by atoms with Crippen LogP contribution >= 0.6 is 0 Å². The van der Waals surface area contributed by atoms with Crippen molar-refractivity contribution in [3.05, 3.63) is 48.2 Å². The number of hydrogen-bond acceptors (Lipinski definition) is 5. The largest absolute Gasteiger partial charge is 0.447 e. The van der Waals surface area contributed by atoms with Gasteiger partial charge in [0.1, 0.15) is 0 Å². The van der Waals surface area contributed by atoms with E-state index < -0.39 is 0 Å². The zero-order chi connectivity index (χ0) is 19.4. The summed E-state index contributed by atoms with van der Waals surface area (Å²) >= 11 is 0. The summed E-state index contributed by atoms with van der Waals surface area (Å²) in [7, 11) is 0. The SMILES string of the molecule is CC(C)OC(=O)NCCC(C)c1cccc(-c2ccn3nc(N)nc3c2)c1. The van der Waals surface area contributed by atoms with Gasteiger partial charge >= 0.3 is 6.09 Å². The molecule has 0 bridgehead atoms. The Hall–Kier alpha value is -3.09. The van der Waals surface area contributed by atoms with Crippen molar-refractivity contribution in [1.29, 1.82) is 0 Å². The zero-order valence-corrected chi connectivity index (χ0v) is 15.8. The third-order valence-corrected chi connectivity index (χ3v) is 4.33. The fourth-order valence-corrected chi connectivity index (χ4v) is 2.92. The van der Waals surface area contributed by atoms with E-state index in [1.165, 1.54) is 5.56 Å². The average Bonchev–Trinajstić information content (AvgIpc) is 3.00. The van der Waals surface area contributed by atoms with Crippen LogP contribution in [0.15, 0.2) is 42.6 Å². The van der Waals surface area contributed by atoms with Crippen LogP contribution in [0, 0.1) is 0 Å². The molecule has 7 heteroatoms. The van der Waals surface area contributed by atoms with Crippen molar-refractivity contribution in [2.75, 3.05) is 12.3 Å². The fourth-order valence-electron chi connectivity index (χ4n) is 2.92. The number of anilines is 1. The second-order valence-corrected chi connectivity index (χ2v) is 6.88. The molecular formula is C20H25N5O2. The van der Waals surface area contributed by atoms with E-state index in [0.717, 1.165) is 23.2 Å². The Kier molecular flexibility index (Phi) is 5.59. The molecule has 1 unspecified atom stereocenters. The highest BCUT2D eigenvalue weighted by Crippen LogP contribution is 2.26. The van der Waals surface area contributed by atoms with Crippen LogP contribution < -0.4 is 11.1 Å². The average molecular weight is 367 g/mol. The maximum Gasteiger partial charge on any atom is 0.407 e. The summed E-state index contributed by atoms with van der Waals surface area (Å²) in [5, 5.41) is 6.89. The molecule has 7 nitrogen and oxygen atoms in total. The van der Waals surface area contributed by atoms with E-state index >= 15 is 0 Å². The molecule has 2 heterocycles. The molecule has 0 aliphatic carbocycles. The van der Waals surface area contributed by atoms with Crippen molar-refractivity contribution >= 4 is 17.7 Å². The summed E-state index contributed by atoms with van der Waals surface area (Å²) in [6.07, 6.45) is 2.20. The van der Waals surface area contributed by atoms with Gasteiger partial charge in [-0.05, 0) is 55.0 Å². The number of nitrogens with one attached hydrogen (secondary N) is 1. The number of rotatable bonds is 6. The van der Waals surface area contributed by atoms with Gasteiger partial charge in [0.2, 0.25) is 5.95 Å². The minimum atomic E-state index is -0.369. The molecule has 142 valence electrons. The van der Waals surface area contributed by atoms with Gasteiger partial charge < -0.3 is 15.8 Å². The number of fused-ring (bicyclic) bond motifs is 1. The van der Waals surface area contributed by atoms with E-state index in [4.69, 9.17) is 10.5 Å². The molecule has 0 aliphatic heterocycles. The van der Waals surface area contributed by atoms with Gasteiger partial charge in [0, 0.05) is 12.7 Å². The number of carbonyl (C=O) groups is 1. The van der Waals surface area contributed by atoms with Gasteiger partial charge in [-0.3, -0.25) is 0 Å². The second kappa shape index (κ2) is 8.07. The van der Waals surface area contributed by atoms with Crippen LogP contribution in [0.2, 0.25) is 0 Å². The maximum atomic E-state index is 11.6. The van der Waals surface area contributed by atoms with E-state index in [0.29, 0.717) is 12.5 Å². The molecule has 0 saturated heterocycles. The Bertz CT molecular complexity index is 935. The quantitative estimate of drug-likeness (QED) is 0.694. The minimum absolute atomic E-state index is 0.114. The summed E-state index contributed by atoms with van der Waals surface area (Å²) in [5.41, 5.74) is 9.75. The number of carbonyl (C=O) groups excluding carboxylic acids is 1. The maximum absolute atomic E-state index is 11.6. The smallest absolute Gasteiger partial charge is 0.407 e.